The first-order valence-corrected chi connectivity index (χ1v) is 10.2. The number of carbonyl (C=O) groups excluding carboxylic acids is 2. The number of nitrogens with one attached hydrogen (secondary N) is 3. The Balaban J connectivity index is 0.00000420. The quantitative estimate of drug-likeness (QED) is 0.296. The number of benzene rings is 1. The number of rotatable bonds is 7. The Kier molecular flexibility index (Phi) is 11.6. The fourth-order valence-corrected chi connectivity index (χ4v) is 3.38. The molecule has 1 aliphatic rings. The number of likely N-dealkylation sites (tertiary alicyclic amines) is 1. The third kappa shape index (κ3) is 8.20. The molecule has 29 heavy (non-hydrogen) atoms. The molecule has 1 aromatic carbocycles. The molecule has 0 atom stereocenters. The highest BCUT2D eigenvalue weighted by molar-refractivity contribution is 14.0. The molecule has 1 saturated heterocycles. The van der Waals surface area contributed by atoms with Gasteiger partial charge in [-0.1, -0.05) is 12.1 Å². The molecule has 0 saturated carbocycles. The number of hydrogen-bond donors (Lipinski definition) is 3. The van der Waals surface area contributed by atoms with Gasteiger partial charge in [-0.05, 0) is 50.3 Å². The van der Waals surface area contributed by atoms with Crippen LogP contribution < -0.4 is 16.0 Å². The minimum atomic E-state index is -0.0570. The molecule has 162 valence electrons. The van der Waals surface area contributed by atoms with Gasteiger partial charge in [-0.25, -0.2) is 4.99 Å². The summed E-state index contributed by atoms with van der Waals surface area (Å²) in [7, 11) is 1.69. The Labute approximate surface area is 191 Å². The Hall–Kier alpha value is -1.84. The van der Waals surface area contributed by atoms with Gasteiger partial charge in [-0.15, -0.1) is 24.0 Å². The van der Waals surface area contributed by atoms with Crippen LogP contribution in [-0.4, -0.2) is 55.9 Å². The van der Waals surface area contributed by atoms with Gasteiger partial charge in [0.05, 0.1) is 6.54 Å². The maximum atomic E-state index is 12.0. The molecule has 2 rings (SSSR count). The van der Waals surface area contributed by atoms with E-state index in [1.165, 1.54) is 0 Å². The van der Waals surface area contributed by atoms with Crippen LogP contribution in [0.4, 0.5) is 0 Å². The largest absolute Gasteiger partial charge is 0.359 e. The van der Waals surface area contributed by atoms with Gasteiger partial charge in [0.15, 0.2) is 5.96 Å². The summed E-state index contributed by atoms with van der Waals surface area (Å²) in [5.41, 5.74) is 1.67. The number of hydrogen-bond acceptors (Lipinski definition) is 3. The predicted octanol–water partition coefficient (Wildman–Crippen LogP) is 2.37. The molecule has 0 unspecified atom stereocenters. The van der Waals surface area contributed by atoms with Gasteiger partial charge in [0.2, 0.25) is 5.91 Å². The summed E-state index contributed by atoms with van der Waals surface area (Å²) in [4.78, 5) is 30.6. The minimum absolute atomic E-state index is 0. The van der Waals surface area contributed by atoms with Crippen molar-refractivity contribution < 1.29 is 9.59 Å². The van der Waals surface area contributed by atoms with E-state index in [9.17, 15) is 9.59 Å². The SMILES string of the molecule is CCNC(=O)c1cccc(CN=C(NCC)N2CCC(CC(=O)NC)CC2)c1.I. The van der Waals surface area contributed by atoms with Crippen molar-refractivity contribution >= 4 is 41.8 Å². The van der Waals surface area contributed by atoms with E-state index in [1.54, 1.807) is 7.05 Å². The van der Waals surface area contributed by atoms with Crippen LogP contribution in [0.2, 0.25) is 0 Å². The van der Waals surface area contributed by atoms with Crippen LogP contribution in [0.5, 0.6) is 0 Å². The van der Waals surface area contributed by atoms with Gasteiger partial charge in [0.1, 0.15) is 0 Å². The minimum Gasteiger partial charge on any atom is -0.359 e. The number of aliphatic imine (C=N–C) groups is 1. The molecule has 2 amide bonds. The first kappa shape index (κ1) is 25.2. The van der Waals surface area contributed by atoms with Gasteiger partial charge in [-0.3, -0.25) is 9.59 Å². The van der Waals surface area contributed by atoms with Crippen molar-refractivity contribution in [3.05, 3.63) is 35.4 Å². The van der Waals surface area contributed by atoms with Crippen LogP contribution in [0.3, 0.4) is 0 Å². The normalized spacial score (nSPS) is 14.7. The first-order valence-electron chi connectivity index (χ1n) is 10.2. The number of amides is 2. The fraction of sp³-hybridized carbons (Fsp3) is 0.571. The third-order valence-electron chi connectivity index (χ3n) is 4.94. The van der Waals surface area contributed by atoms with E-state index in [-0.39, 0.29) is 35.8 Å². The van der Waals surface area contributed by atoms with Crippen LogP contribution in [0.25, 0.3) is 0 Å². The van der Waals surface area contributed by atoms with Crippen molar-refractivity contribution in [2.75, 3.05) is 33.2 Å². The Morgan fingerprint density at radius 1 is 1.14 bits per heavy atom. The lowest BCUT2D eigenvalue weighted by atomic mass is 9.93. The lowest BCUT2D eigenvalue weighted by molar-refractivity contribution is -0.121. The average molecular weight is 515 g/mol. The van der Waals surface area contributed by atoms with Crippen molar-refractivity contribution in [3.63, 3.8) is 0 Å². The van der Waals surface area contributed by atoms with Crippen LogP contribution in [-0.2, 0) is 11.3 Å². The summed E-state index contributed by atoms with van der Waals surface area (Å²) >= 11 is 0. The van der Waals surface area contributed by atoms with Crippen LogP contribution >= 0.6 is 24.0 Å². The molecule has 0 bridgehead atoms. The van der Waals surface area contributed by atoms with Crippen LogP contribution in [0.15, 0.2) is 29.3 Å². The number of carbonyl (C=O) groups is 2. The molecule has 7 nitrogen and oxygen atoms in total. The summed E-state index contributed by atoms with van der Waals surface area (Å²) in [6.45, 7) is 7.69. The fourth-order valence-electron chi connectivity index (χ4n) is 3.38. The number of nitrogens with zero attached hydrogens (tertiary/aromatic N) is 2. The van der Waals surface area contributed by atoms with Gasteiger partial charge >= 0.3 is 0 Å². The van der Waals surface area contributed by atoms with E-state index >= 15 is 0 Å². The third-order valence-corrected chi connectivity index (χ3v) is 4.94. The van der Waals surface area contributed by atoms with Gasteiger partial charge in [-0.2, -0.15) is 0 Å². The number of guanidine groups is 1. The van der Waals surface area contributed by atoms with Crippen LogP contribution in [0, 0.1) is 5.92 Å². The molecule has 1 aromatic rings. The Bertz CT molecular complexity index is 687. The standard InChI is InChI=1S/C21H33N5O2.HI/c1-4-23-20(28)18-8-6-7-17(13-18)15-25-21(24-5-2)26-11-9-16(10-12-26)14-19(27)22-3;/h6-8,13,16H,4-5,9-12,14-15H2,1-3H3,(H,22,27)(H,23,28)(H,24,25);1H. The van der Waals surface area contributed by atoms with Gasteiger partial charge in [0, 0.05) is 45.2 Å². The summed E-state index contributed by atoms with van der Waals surface area (Å²) in [6.07, 6.45) is 2.58. The van der Waals surface area contributed by atoms with E-state index in [0.717, 1.165) is 44.0 Å². The second kappa shape index (κ2) is 13.4. The lowest BCUT2D eigenvalue weighted by Gasteiger charge is -2.34. The summed E-state index contributed by atoms with van der Waals surface area (Å²) in [6, 6.07) is 7.60. The van der Waals surface area contributed by atoms with Crippen molar-refractivity contribution in [3.8, 4) is 0 Å². The molecule has 0 aliphatic carbocycles. The van der Waals surface area contributed by atoms with E-state index < -0.39 is 0 Å². The Morgan fingerprint density at radius 2 is 1.83 bits per heavy atom. The molecule has 0 aromatic heterocycles. The maximum absolute atomic E-state index is 12.0. The van der Waals surface area contributed by atoms with E-state index in [1.807, 2.05) is 31.2 Å². The topological polar surface area (TPSA) is 85.8 Å². The second-order valence-corrected chi connectivity index (χ2v) is 7.04. The average Bonchev–Trinajstić information content (AvgIpc) is 2.72. The monoisotopic (exact) mass is 515 g/mol. The van der Waals surface area contributed by atoms with Gasteiger partial charge < -0.3 is 20.9 Å². The Morgan fingerprint density at radius 3 is 2.45 bits per heavy atom. The number of halogens is 1. The van der Waals surface area contributed by atoms with Crippen molar-refractivity contribution in [2.24, 2.45) is 10.9 Å². The maximum Gasteiger partial charge on any atom is 0.251 e. The van der Waals surface area contributed by atoms with E-state index in [0.29, 0.717) is 31.0 Å². The zero-order valence-corrected chi connectivity index (χ0v) is 20.0. The zero-order valence-electron chi connectivity index (χ0n) is 17.7. The molecular formula is C21H34IN5O2. The smallest absolute Gasteiger partial charge is 0.251 e. The molecule has 0 radical (unpaired) electrons. The molecule has 3 N–H and O–H groups in total. The van der Waals surface area contributed by atoms with Crippen molar-refractivity contribution in [1.82, 2.24) is 20.9 Å². The highest BCUT2D eigenvalue weighted by atomic mass is 127. The second-order valence-electron chi connectivity index (χ2n) is 7.04. The van der Waals surface area contributed by atoms with Crippen molar-refractivity contribution in [1.29, 1.82) is 0 Å². The first-order chi connectivity index (χ1) is 13.6. The predicted molar refractivity (Wildman–Crippen MR) is 128 cm³/mol. The highest BCUT2D eigenvalue weighted by Crippen LogP contribution is 2.20. The summed E-state index contributed by atoms with van der Waals surface area (Å²) in [5.74, 6) is 1.39. The zero-order chi connectivity index (χ0) is 20.4. The van der Waals surface area contributed by atoms with E-state index in [2.05, 4.69) is 27.8 Å². The molecule has 1 fully saturated rings. The highest BCUT2D eigenvalue weighted by Gasteiger charge is 2.23. The molecule has 0 spiro atoms. The lowest BCUT2D eigenvalue weighted by Crippen LogP contribution is -2.46. The van der Waals surface area contributed by atoms with E-state index in [4.69, 9.17) is 4.99 Å². The summed E-state index contributed by atoms with van der Waals surface area (Å²) in [5, 5.41) is 8.90. The summed E-state index contributed by atoms with van der Waals surface area (Å²) < 4.78 is 0. The molecule has 1 aliphatic heterocycles. The molecule has 8 heteroatoms. The molecular weight excluding hydrogens is 481 g/mol. The molecule has 1 heterocycles. The van der Waals surface area contributed by atoms with Crippen LogP contribution in [0.1, 0.15) is 49.0 Å². The number of piperidine rings is 1. The van der Waals surface area contributed by atoms with Crippen molar-refractivity contribution in [2.45, 2.75) is 39.7 Å². The van der Waals surface area contributed by atoms with Gasteiger partial charge in [0.25, 0.3) is 5.91 Å².